The van der Waals surface area contributed by atoms with E-state index in [0.29, 0.717) is 11.6 Å². The predicted molar refractivity (Wildman–Crippen MR) is 244 cm³/mol. The Balaban J connectivity index is 1.08. The second-order valence-corrected chi connectivity index (χ2v) is 16.7. The van der Waals surface area contributed by atoms with E-state index in [9.17, 15) is 0 Å². The lowest BCUT2D eigenvalue weighted by molar-refractivity contribution is 0.00578. The highest BCUT2D eigenvalue weighted by molar-refractivity contribution is 6.66. The SMILES string of the molecule is CC1(C)OB(c2ccc(-c3ccccc3)c3oc4c(-n5c6ccccc6c6ccc(-c7ccc(-c8nc(Cl)nc(-c9ccccc9)n8)cc7)cc65)cccc4c23)OC1(C)C. The Bertz CT molecular complexity index is 3270. The van der Waals surface area contributed by atoms with E-state index in [4.69, 9.17) is 30.3 Å². The molecular weight excluding hydrogens is 763 g/mol. The summed E-state index contributed by atoms with van der Waals surface area (Å²) in [7, 11) is -0.568. The fourth-order valence-corrected chi connectivity index (χ4v) is 8.68. The van der Waals surface area contributed by atoms with E-state index >= 15 is 0 Å². The number of hydrogen-bond acceptors (Lipinski definition) is 6. The Hall–Kier alpha value is -6.58. The van der Waals surface area contributed by atoms with Gasteiger partial charge in [0.2, 0.25) is 5.28 Å². The first kappa shape index (κ1) is 36.5. The topological polar surface area (TPSA) is 75.2 Å². The minimum atomic E-state index is -0.568. The lowest BCUT2D eigenvalue weighted by Gasteiger charge is -2.32. The van der Waals surface area contributed by atoms with Crippen LogP contribution >= 0.6 is 11.6 Å². The largest absolute Gasteiger partial charge is 0.495 e. The fourth-order valence-electron chi connectivity index (χ4n) is 8.52. The third-order valence-electron chi connectivity index (χ3n) is 12.3. The molecule has 0 unspecified atom stereocenters. The molecule has 1 fully saturated rings. The van der Waals surface area contributed by atoms with Gasteiger partial charge in [-0.3, -0.25) is 0 Å². The summed E-state index contributed by atoms with van der Waals surface area (Å²) in [6.45, 7) is 8.36. The zero-order chi connectivity index (χ0) is 40.8. The summed E-state index contributed by atoms with van der Waals surface area (Å²) in [5.74, 6) is 1.06. The van der Waals surface area contributed by atoms with Crippen LogP contribution in [0.2, 0.25) is 5.28 Å². The van der Waals surface area contributed by atoms with Gasteiger partial charge in [0.15, 0.2) is 17.2 Å². The van der Waals surface area contributed by atoms with Gasteiger partial charge in [0.1, 0.15) is 5.58 Å². The van der Waals surface area contributed by atoms with Gasteiger partial charge in [0, 0.05) is 38.2 Å². The molecule has 60 heavy (non-hydrogen) atoms. The van der Waals surface area contributed by atoms with Crippen LogP contribution in [0.4, 0.5) is 0 Å². The van der Waals surface area contributed by atoms with Crippen molar-refractivity contribution in [3.8, 4) is 50.7 Å². The summed E-state index contributed by atoms with van der Waals surface area (Å²) >= 11 is 6.40. The zero-order valence-electron chi connectivity index (χ0n) is 33.5. The van der Waals surface area contributed by atoms with E-state index in [1.807, 2.05) is 48.5 Å². The second kappa shape index (κ2) is 13.7. The standard InChI is InChI=1S/C51H38BClN4O3/c1-50(2)51(3,4)60-52(59-50)40-29-28-36(32-14-7-5-8-15-32)46-44(40)39-19-13-21-42(45(39)58-46)57-41-20-12-11-18-37(41)38-27-26-35(30-43(38)57)31-22-24-34(25-23-31)48-54-47(55-49(53)56-48)33-16-9-6-10-17-33/h5-30H,1-4H3. The Kier molecular flexibility index (Phi) is 8.36. The van der Waals surface area contributed by atoms with Crippen molar-refractivity contribution in [3.05, 3.63) is 163 Å². The molecule has 7 aromatic carbocycles. The fraction of sp³-hybridized carbons (Fsp3) is 0.118. The molecule has 0 amide bonds. The summed E-state index contributed by atoms with van der Waals surface area (Å²) in [5, 5.41) is 4.45. The molecule has 11 rings (SSSR count). The maximum absolute atomic E-state index is 7.15. The van der Waals surface area contributed by atoms with Crippen molar-refractivity contribution in [1.82, 2.24) is 19.5 Å². The number of furan rings is 1. The van der Waals surface area contributed by atoms with Crippen LogP contribution in [-0.2, 0) is 9.31 Å². The number of aromatic nitrogens is 4. The molecule has 290 valence electrons. The van der Waals surface area contributed by atoms with E-state index in [1.165, 1.54) is 0 Å². The van der Waals surface area contributed by atoms with Gasteiger partial charge in [0.25, 0.3) is 0 Å². The van der Waals surface area contributed by atoms with Crippen LogP contribution in [0.5, 0.6) is 0 Å². The quantitative estimate of drug-likeness (QED) is 0.156. The van der Waals surface area contributed by atoms with Crippen LogP contribution in [0, 0.1) is 0 Å². The number of rotatable bonds is 6. The smallest absolute Gasteiger partial charge is 0.453 e. The van der Waals surface area contributed by atoms with Crippen molar-refractivity contribution in [1.29, 1.82) is 0 Å². The Morgan fingerprint density at radius 3 is 1.80 bits per heavy atom. The van der Waals surface area contributed by atoms with E-state index in [2.05, 4.69) is 151 Å². The maximum Gasteiger partial charge on any atom is 0.495 e. The number of benzene rings is 7. The van der Waals surface area contributed by atoms with Gasteiger partial charge in [-0.1, -0.05) is 140 Å². The minimum absolute atomic E-state index is 0.154. The number of hydrogen-bond donors (Lipinski definition) is 0. The predicted octanol–water partition coefficient (Wildman–Crippen LogP) is 12.5. The molecule has 10 aromatic rings. The van der Waals surface area contributed by atoms with E-state index < -0.39 is 18.3 Å². The molecule has 0 N–H and O–H groups in total. The molecule has 0 spiro atoms. The third kappa shape index (κ3) is 5.86. The Morgan fingerprint density at radius 2 is 1.08 bits per heavy atom. The number of halogens is 1. The molecule has 0 bridgehead atoms. The van der Waals surface area contributed by atoms with Crippen molar-refractivity contribution >= 4 is 67.9 Å². The van der Waals surface area contributed by atoms with E-state index in [-0.39, 0.29) is 5.28 Å². The number of fused-ring (bicyclic) bond motifs is 6. The van der Waals surface area contributed by atoms with Crippen LogP contribution in [-0.4, -0.2) is 37.8 Å². The summed E-state index contributed by atoms with van der Waals surface area (Å²) in [5.41, 5.74) is 10.6. The molecule has 0 radical (unpaired) electrons. The lowest BCUT2D eigenvalue weighted by atomic mass is 9.75. The van der Waals surface area contributed by atoms with E-state index in [1.54, 1.807) is 0 Å². The van der Waals surface area contributed by atoms with Gasteiger partial charge < -0.3 is 18.3 Å². The molecule has 0 saturated carbocycles. The van der Waals surface area contributed by atoms with Crippen molar-refractivity contribution in [2.45, 2.75) is 38.9 Å². The van der Waals surface area contributed by atoms with Gasteiger partial charge in [-0.05, 0) is 79.6 Å². The van der Waals surface area contributed by atoms with Gasteiger partial charge >= 0.3 is 7.12 Å². The lowest BCUT2D eigenvalue weighted by Crippen LogP contribution is -2.41. The first-order valence-corrected chi connectivity index (χ1v) is 20.5. The summed E-state index contributed by atoms with van der Waals surface area (Å²) in [6.07, 6.45) is 0. The highest BCUT2D eigenvalue weighted by Crippen LogP contribution is 2.43. The molecule has 0 aliphatic carbocycles. The molecule has 9 heteroatoms. The monoisotopic (exact) mass is 800 g/mol. The normalized spacial score (nSPS) is 14.8. The van der Waals surface area contributed by atoms with Crippen molar-refractivity contribution in [3.63, 3.8) is 0 Å². The first-order chi connectivity index (χ1) is 29.1. The second-order valence-electron chi connectivity index (χ2n) is 16.4. The van der Waals surface area contributed by atoms with Gasteiger partial charge in [-0.15, -0.1) is 0 Å². The highest BCUT2D eigenvalue weighted by Gasteiger charge is 2.52. The molecule has 3 aromatic heterocycles. The van der Waals surface area contributed by atoms with Gasteiger partial charge in [0.05, 0.1) is 27.9 Å². The first-order valence-electron chi connectivity index (χ1n) is 20.1. The maximum atomic E-state index is 7.15. The minimum Gasteiger partial charge on any atom is -0.453 e. The molecule has 1 saturated heterocycles. The summed E-state index contributed by atoms with van der Waals surface area (Å²) < 4.78 is 22.8. The van der Waals surface area contributed by atoms with Crippen molar-refractivity contribution in [2.75, 3.05) is 0 Å². The molecule has 7 nitrogen and oxygen atoms in total. The van der Waals surface area contributed by atoms with Crippen LogP contribution < -0.4 is 5.46 Å². The van der Waals surface area contributed by atoms with Gasteiger partial charge in [-0.2, -0.15) is 9.97 Å². The van der Waals surface area contributed by atoms with E-state index in [0.717, 1.165) is 88.3 Å². The molecule has 4 heterocycles. The van der Waals surface area contributed by atoms with Gasteiger partial charge in [-0.25, -0.2) is 4.98 Å². The van der Waals surface area contributed by atoms with Crippen LogP contribution in [0.1, 0.15) is 27.7 Å². The van der Waals surface area contributed by atoms with Crippen molar-refractivity contribution in [2.24, 2.45) is 0 Å². The zero-order valence-corrected chi connectivity index (χ0v) is 34.2. The highest BCUT2D eigenvalue weighted by atomic mass is 35.5. The number of para-hydroxylation sites is 2. The average molecular weight is 801 g/mol. The molecule has 1 aliphatic heterocycles. The molecule has 0 atom stereocenters. The molecular formula is C51H38BClN4O3. The summed E-state index contributed by atoms with van der Waals surface area (Å²) in [4.78, 5) is 13.6. The number of nitrogens with zero attached hydrogens (tertiary/aromatic N) is 4. The van der Waals surface area contributed by atoms with Crippen molar-refractivity contribution < 1.29 is 13.7 Å². The Labute approximate surface area is 352 Å². The van der Waals surface area contributed by atoms with Crippen LogP contribution in [0.15, 0.2) is 162 Å². The van der Waals surface area contributed by atoms with Crippen LogP contribution in [0.25, 0.3) is 94.5 Å². The van der Waals surface area contributed by atoms with Crippen LogP contribution in [0.3, 0.4) is 0 Å². The average Bonchev–Trinajstić information content (AvgIpc) is 3.89. The third-order valence-corrected chi connectivity index (χ3v) is 12.4. The Morgan fingerprint density at radius 1 is 0.500 bits per heavy atom. The summed E-state index contributed by atoms with van der Waals surface area (Å²) in [6, 6.07) is 54.4. The molecule has 1 aliphatic rings.